The molecule has 2 N–H and O–H groups in total. The summed E-state index contributed by atoms with van der Waals surface area (Å²) in [6.45, 7) is 2.05. The van der Waals surface area contributed by atoms with Crippen molar-refractivity contribution in [3.05, 3.63) is 80.5 Å². The molecule has 5 rings (SSSR count). The largest absolute Gasteiger partial charge is 0.506 e. The van der Waals surface area contributed by atoms with Gasteiger partial charge in [-0.15, -0.1) is 15.7 Å². The average Bonchev–Trinajstić information content (AvgIpc) is 3.16. The van der Waals surface area contributed by atoms with E-state index in [1.165, 1.54) is 22.0 Å². The number of aryl methyl sites for hydroxylation is 1. The summed E-state index contributed by atoms with van der Waals surface area (Å²) < 4.78 is 30.7. The van der Waals surface area contributed by atoms with Gasteiger partial charge in [-0.1, -0.05) is 24.3 Å². The standard InChI is InChI=1S/C21H16N4O4S2/c1-12-22-13(11-30-12)10-25-16-8-4-2-6-14(16)19(26)18(21(25)27)20-23-15-7-3-5-9-17(15)31(28,29)24-20/h2-9,11,26H,10H2,1H3,(H,23,24). The van der Waals surface area contributed by atoms with E-state index < -0.39 is 15.6 Å². The molecule has 0 saturated heterocycles. The zero-order chi connectivity index (χ0) is 21.8. The van der Waals surface area contributed by atoms with Gasteiger partial charge in [0.25, 0.3) is 15.6 Å². The third-order valence-electron chi connectivity index (χ3n) is 5.00. The maximum absolute atomic E-state index is 13.5. The van der Waals surface area contributed by atoms with Gasteiger partial charge >= 0.3 is 0 Å². The molecular weight excluding hydrogens is 436 g/mol. The number of fused-ring (bicyclic) bond motifs is 2. The highest BCUT2D eigenvalue weighted by atomic mass is 32.2. The summed E-state index contributed by atoms with van der Waals surface area (Å²) in [5.74, 6) is -0.540. The lowest BCUT2D eigenvalue weighted by Gasteiger charge is -2.20. The van der Waals surface area contributed by atoms with Crippen LogP contribution in [0.5, 0.6) is 5.75 Å². The van der Waals surface area contributed by atoms with Gasteiger partial charge in [0.05, 0.1) is 28.5 Å². The molecule has 8 nitrogen and oxygen atoms in total. The van der Waals surface area contributed by atoms with Crippen molar-refractivity contribution in [1.82, 2.24) is 9.55 Å². The number of hydrogen-bond acceptors (Lipinski definition) is 7. The van der Waals surface area contributed by atoms with Crippen LogP contribution in [0.3, 0.4) is 0 Å². The number of aromatic nitrogens is 2. The van der Waals surface area contributed by atoms with Crippen molar-refractivity contribution in [2.24, 2.45) is 4.40 Å². The Balaban J connectivity index is 1.77. The zero-order valence-electron chi connectivity index (χ0n) is 16.2. The number of para-hydroxylation sites is 2. The van der Waals surface area contributed by atoms with Crippen LogP contribution >= 0.6 is 11.3 Å². The van der Waals surface area contributed by atoms with Gasteiger partial charge in [0.2, 0.25) is 0 Å². The fourth-order valence-electron chi connectivity index (χ4n) is 3.63. The highest BCUT2D eigenvalue weighted by molar-refractivity contribution is 7.90. The van der Waals surface area contributed by atoms with Crippen molar-refractivity contribution >= 4 is 43.8 Å². The molecule has 0 spiro atoms. The van der Waals surface area contributed by atoms with Crippen LogP contribution in [0.4, 0.5) is 5.69 Å². The predicted octanol–water partition coefficient (Wildman–Crippen LogP) is 3.08. The van der Waals surface area contributed by atoms with Gasteiger partial charge < -0.3 is 15.0 Å². The van der Waals surface area contributed by atoms with E-state index in [1.807, 2.05) is 12.3 Å². The highest BCUT2D eigenvalue weighted by Gasteiger charge is 2.29. The first-order valence-corrected chi connectivity index (χ1v) is 11.6. The lowest BCUT2D eigenvalue weighted by molar-refractivity contribution is 0.477. The summed E-state index contributed by atoms with van der Waals surface area (Å²) in [6.07, 6.45) is 0. The van der Waals surface area contributed by atoms with Crippen molar-refractivity contribution in [2.45, 2.75) is 18.4 Å². The Morgan fingerprint density at radius 3 is 2.65 bits per heavy atom. The molecule has 0 radical (unpaired) electrons. The molecule has 0 unspecified atom stereocenters. The molecular formula is C21H16N4O4S2. The number of sulfonamides is 1. The summed E-state index contributed by atoms with van der Waals surface area (Å²) in [6, 6.07) is 13.2. The number of nitrogens with one attached hydrogen (secondary N) is 1. The second-order valence-electron chi connectivity index (χ2n) is 7.03. The smallest absolute Gasteiger partial charge is 0.286 e. The SMILES string of the molecule is Cc1nc(Cn2c(=O)c(C3=NS(=O)(=O)c4ccccc4N3)c(O)c3ccccc32)cs1. The number of nitrogens with zero attached hydrogens (tertiary/aromatic N) is 3. The minimum atomic E-state index is -4.04. The zero-order valence-corrected chi connectivity index (χ0v) is 17.9. The van der Waals surface area contributed by atoms with Gasteiger partial charge in [0.1, 0.15) is 16.2 Å². The Labute approximate surface area is 181 Å². The van der Waals surface area contributed by atoms with Crippen LogP contribution in [-0.4, -0.2) is 28.9 Å². The summed E-state index contributed by atoms with van der Waals surface area (Å²) in [5, 5.41) is 17.0. The van der Waals surface area contributed by atoms with Crippen molar-refractivity contribution in [2.75, 3.05) is 5.32 Å². The van der Waals surface area contributed by atoms with Crippen LogP contribution in [0.25, 0.3) is 10.9 Å². The van der Waals surface area contributed by atoms with E-state index in [0.29, 0.717) is 22.3 Å². The molecule has 31 heavy (non-hydrogen) atoms. The highest BCUT2D eigenvalue weighted by Crippen LogP contribution is 2.32. The number of thiazole rings is 1. The third-order valence-corrected chi connectivity index (χ3v) is 7.16. The van der Waals surface area contributed by atoms with Gasteiger partial charge in [0, 0.05) is 10.8 Å². The molecule has 0 fully saturated rings. The summed E-state index contributed by atoms with van der Waals surface area (Å²) in [7, 11) is -4.04. The molecule has 2 aromatic heterocycles. The molecule has 0 saturated carbocycles. The van der Waals surface area contributed by atoms with E-state index in [4.69, 9.17) is 0 Å². The van der Waals surface area contributed by atoms with Crippen LogP contribution in [0.15, 0.2) is 68.0 Å². The number of anilines is 1. The monoisotopic (exact) mass is 452 g/mol. The van der Waals surface area contributed by atoms with Crippen molar-refractivity contribution in [3.8, 4) is 5.75 Å². The number of aromatic hydroxyl groups is 1. The predicted molar refractivity (Wildman–Crippen MR) is 120 cm³/mol. The van der Waals surface area contributed by atoms with E-state index in [0.717, 1.165) is 5.01 Å². The Bertz CT molecular complexity index is 1550. The van der Waals surface area contributed by atoms with Gasteiger partial charge in [-0.05, 0) is 31.2 Å². The molecule has 3 heterocycles. The van der Waals surface area contributed by atoms with Crippen molar-refractivity contribution in [3.63, 3.8) is 0 Å². The van der Waals surface area contributed by atoms with E-state index in [9.17, 15) is 18.3 Å². The van der Waals surface area contributed by atoms with Gasteiger partial charge in [-0.25, -0.2) is 4.98 Å². The fraction of sp³-hybridized carbons (Fsp3) is 0.0952. The maximum Gasteiger partial charge on any atom is 0.286 e. The maximum atomic E-state index is 13.5. The lowest BCUT2D eigenvalue weighted by atomic mass is 10.1. The first-order valence-electron chi connectivity index (χ1n) is 9.32. The van der Waals surface area contributed by atoms with Gasteiger partial charge in [0.15, 0.2) is 5.84 Å². The minimum Gasteiger partial charge on any atom is -0.506 e. The normalized spacial score (nSPS) is 14.7. The van der Waals surface area contributed by atoms with E-state index >= 15 is 0 Å². The number of hydrogen-bond donors (Lipinski definition) is 2. The molecule has 0 atom stereocenters. The Kier molecular flexibility index (Phi) is 4.42. The fourth-order valence-corrected chi connectivity index (χ4v) is 5.35. The first-order chi connectivity index (χ1) is 14.8. The summed E-state index contributed by atoms with van der Waals surface area (Å²) >= 11 is 1.47. The van der Waals surface area contributed by atoms with Gasteiger partial charge in [-0.3, -0.25) is 4.79 Å². The number of pyridine rings is 1. The Hall–Kier alpha value is -3.50. The second kappa shape index (κ2) is 7.03. The molecule has 4 aromatic rings. The van der Waals surface area contributed by atoms with Gasteiger partial charge in [-0.2, -0.15) is 8.42 Å². The lowest BCUT2D eigenvalue weighted by Crippen LogP contribution is -2.33. The Morgan fingerprint density at radius 1 is 1.13 bits per heavy atom. The summed E-state index contributed by atoms with van der Waals surface area (Å²) in [5.41, 5.74) is 0.731. The molecule has 0 bridgehead atoms. The topological polar surface area (TPSA) is 114 Å². The molecule has 10 heteroatoms. The molecule has 1 aliphatic heterocycles. The van der Waals surface area contributed by atoms with E-state index in [-0.39, 0.29) is 28.6 Å². The number of benzene rings is 2. The molecule has 0 amide bonds. The number of rotatable bonds is 3. The van der Waals surface area contributed by atoms with Crippen molar-refractivity contribution in [1.29, 1.82) is 0 Å². The van der Waals surface area contributed by atoms with Crippen LogP contribution in [0.2, 0.25) is 0 Å². The van der Waals surface area contributed by atoms with E-state index in [2.05, 4.69) is 14.7 Å². The molecule has 0 aliphatic carbocycles. The van der Waals surface area contributed by atoms with Crippen LogP contribution in [0.1, 0.15) is 16.3 Å². The van der Waals surface area contributed by atoms with E-state index in [1.54, 1.807) is 42.5 Å². The molecule has 2 aromatic carbocycles. The van der Waals surface area contributed by atoms with Crippen LogP contribution in [0, 0.1) is 6.92 Å². The first kappa shape index (κ1) is 19.5. The average molecular weight is 453 g/mol. The molecule has 156 valence electrons. The number of amidine groups is 1. The van der Waals surface area contributed by atoms with Crippen LogP contribution in [-0.2, 0) is 16.6 Å². The second-order valence-corrected chi connectivity index (χ2v) is 9.66. The molecule has 1 aliphatic rings. The quantitative estimate of drug-likeness (QED) is 0.494. The summed E-state index contributed by atoms with van der Waals surface area (Å²) in [4.78, 5) is 17.9. The third kappa shape index (κ3) is 3.20. The van der Waals surface area contributed by atoms with Crippen LogP contribution < -0.4 is 10.9 Å². The minimum absolute atomic E-state index is 0.0114. The Morgan fingerprint density at radius 2 is 1.87 bits per heavy atom. The van der Waals surface area contributed by atoms with Crippen molar-refractivity contribution < 1.29 is 13.5 Å².